The van der Waals surface area contributed by atoms with Crippen molar-refractivity contribution in [1.29, 1.82) is 0 Å². The fourth-order valence-electron chi connectivity index (χ4n) is 2.63. The number of aromatic nitrogens is 1. The average molecular weight is 252 g/mol. The Morgan fingerprint density at radius 2 is 2.29 bits per heavy atom. The quantitative estimate of drug-likeness (QED) is 0.828. The molecule has 1 fully saturated rings. The summed E-state index contributed by atoms with van der Waals surface area (Å²) in [6.45, 7) is 5.89. The van der Waals surface area contributed by atoms with Crippen LogP contribution in [0.15, 0.2) is 10.9 Å². The highest BCUT2D eigenvalue weighted by Crippen LogP contribution is 2.33. The van der Waals surface area contributed by atoms with E-state index in [1.165, 1.54) is 37.8 Å². The van der Waals surface area contributed by atoms with Crippen molar-refractivity contribution in [1.82, 2.24) is 10.3 Å². The number of nitrogens with zero attached hydrogens (tertiary/aromatic N) is 1. The van der Waals surface area contributed by atoms with Gasteiger partial charge in [-0.15, -0.1) is 11.3 Å². The summed E-state index contributed by atoms with van der Waals surface area (Å²) >= 11 is 1.69. The predicted octanol–water partition coefficient (Wildman–Crippen LogP) is 3.63. The highest BCUT2D eigenvalue weighted by Gasteiger charge is 2.23. The number of thiazole rings is 1. The van der Waals surface area contributed by atoms with Gasteiger partial charge in [-0.1, -0.05) is 20.3 Å². The number of hydrogen-bond donors (Lipinski definition) is 1. The summed E-state index contributed by atoms with van der Waals surface area (Å²) in [6.07, 6.45) is 7.88. The van der Waals surface area contributed by atoms with Crippen LogP contribution in [0.3, 0.4) is 0 Å². The van der Waals surface area contributed by atoms with Gasteiger partial charge in [-0.25, -0.2) is 4.98 Å². The molecule has 0 aliphatic heterocycles. The molecule has 1 heterocycles. The predicted molar refractivity (Wildman–Crippen MR) is 74.5 cm³/mol. The molecule has 0 bridgehead atoms. The Morgan fingerprint density at radius 1 is 1.41 bits per heavy atom. The summed E-state index contributed by atoms with van der Waals surface area (Å²) in [6, 6.07) is 0.732. The summed E-state index contributed by atoms with van der Waals surface area (Å²) in [5.41, 5.74) is 3.71. The second-order valence-electron chi connectivity index (χ2n) is 5.98. The summed E-state index contributed by atoms with van der Waals surface area (Å²) < 4.78 is 0. The van der Waals surface area contributed by atoms with Gasteiger partial charge < -0.3 is 5.32 Å². The molecular formula is C14H24N2S. The maximum atomic E-state index is 4.32. The van der Waals surface area contributed by atoms with E-state index in [0.29, 0.717) is 5.41 Å². The fraction of sp³-hybridized carbons (Fsp3) is 0.786. The topological polar surface area (TPSA) is 24.9 Å². The van der Waals surface area contributed by atoms with Gasteiger partial charge in [-0.3, -0.25) is 0 Å². The van der Waals surface area contributed by atoms with Crippen LogP contribution in [0.1, 0.15) is 51.6 Å². The lowest BCUT2D eigenvalue weighted by Crippen LogP contribution is -2.30. The number of hydrogen-bond acceptors (Lipinski definition) is 3. The van der Waals surface area contributed by atoms with E-state index >= 15 is 0 Å². The second-order valence-corrected chi connectivity index (χ2v) is 6.69. The number of nitrogens with one attached hydrogen (secondary N) is 1. The van der Waals surface area contributed by atoms with Crippen molar-refractivity contribution in [2.45, 2.75) is 58.4 Å². The van der Waals surface area contributed by atoms with Gasteiger partial charge in [0.05, 0.1) is 11.2 Å². The fourth-order valence-corrected chi connectivity index (χ4v) is 3.22. The van der Waals surface area contributed by atoms with Crippen LogP contribution in [-0.4, -0.2) is 17.6 Å². The molecule has 0 spiro atoms. The molecule has 1 aromatic rings. The van der Waals surface area contributed by atoms with E-state index in [-0.39, 0.29) is 0 Å². The van der Waals surface area contributed by atoms with E-state index < -0.39 is 0 Å². The zero-order chi connectivity index (χ0) is 12.1. The van der Waals surface area contributed by atoms with Gasteiger partial charge in [0.2, 0.25) is 0 Å². The van der Waals surface area contributed by atoms with E-state index in [1.807, 2.05) is 5.51 Å². The van der Waals surface area contributed by atoms with Crippen LogP contribution in [0, 0.1) is 5.41 Å². The van der Waals surface area contributed by atoms with Crippen LogP contribution in [0.2, 0.25) is 0 Å². The van der Waals surface area contributed by atoms with Gasteiger partial charge >= 0.3 is 0 Å². The van der Waals surface area contributed by atoms with E-state index in [1.54, 1.807) is 11.3 Å². The zero-order valence-electron chi connectivity index (χ0n) is 11.0. The van der Waals surface area contributed by atoms with Crippen LogP contribution in [-0.2, 0) is 6.42 Å². The molecule has 96 valence electrons. The maximum absolute atomic E-state index is 4.32. The van der Waals surface area contributed by atoms with Crippen molar-refractivity contribution in [3.63, 3.8) is 0 Å². The minimum atomic E-state index is 0.561. The number of rotatable bonds is 4. The van der Waals surface area contributed by atoms with Crippen molar-refractivity contribution in [3.05, 3.63) is 16.6 Å². The molecule has 1 saturated carbocycles. The molecule has 3 heteroatoms. The molecular weight excluding hydrogens is 228 g/mol. The van der Waals surface area contributed by atoms with E-state index in [9.17, 15) is 0 Å². The van der Waals surface area contributed by atoms with Gasteiger partial charge in [0.25, 0.3) is 0 Å². The third-order valence-electron chi connectivity index (χ3n) is 3.87. The second kappa shape index (κ2) is 5.96. The molecule has 0 saturated heterocycles. The normalized spacial score (nSPS) is 24.5. The summed E-state index contributed by atoms with van der Waals surface area (Å²) in [5, 5.41) is 5.85. The lowest BCUT2D eigenvalue weighted by Gasteiger charge is -2.22. The Labute approximate surface area is 109 Å². The first-order valence-corrected chi connectivity index (χ1v) is 7.70. The smallest absolute Gasteiger partial charge is 0.0794 e. The Bertz CT molecular complexity index is 319. The van der Waals surface area contributed by atoms with Crippen molar-refractivity contribution in [3.8, 4) is 0 Å². The first-order chi connectivity index (χ1) is 8.16. The lowest BCUT2D eigenvalue weighted by molar-refractivity contribution is 0.310. The molecule has 0 aromatic carbocycles. The summed E-state index contributed by atoms with van der Waals surface area (Å²) in [7, 11) is 0. The van der Waals surface area contributed by atoms with Crippen molar-refractivity contribution >= 4 is 11.3 Å². The molecule has 1 aliphatic carbocycles. The van der Waals surface area contributed by atoms with Crippen molar-refractivity contribution < 1.29 is 0 Å². The molecule has 1 atom stereocenters. The van der Waals surface area contributed by atoms with Crippen LogP contribution in [0.25, 0.3) is 0 Å². The Balaban J connectivity index is 1.69. The van der Waals surface area contributed by atoms with E-state index in [0.717, 1.165) is 19.0 Å². The molecule has 17 heavy (non-hydrogen) atoms. The molecule has 1 aliphatic rings. The molecule has 1 N–H and O–H groups in total. The monoisotopic (exact) mass is 252 g/mol. The van der Waals surface area contributed by atoms with Gasteiger partial charge in [0, 0.05) is 24.4 Å². The minimum Gasteiger partial charge on any atom is -0.314 e. The van der Waals surface area contributed by atoms with E-state index in [2.05, 4.69) is 29.5 Å². The molecule has 0 amide bonds. The maximum Gasteiger partial charge on any atom is 0.0794 e. The Hall–Kier alpha value is -0.410. The van der Waals surface area contributed by atoms with Crippen LogP contribution >= 0.6 is 11.3 Å². The zero-order valence-corrected chi connectivity index (χ0v) is 11.9. The van der Waals surface area contributed by atoms with Crippen LogP contribution < -0.4 is 5.32 Å². The summed E-state index contributed by atoms with van der Waals surface area (Å²) in [5.74, 6) is 0. The van der Waals surface area contributed by atoms with Gasteiger partial charge in [0.1, 0.15) is 0 Å². The molecule has 2 nitrogen and oxygen atoms in total. The summed E-state index contributed by atoms with van der Waals surface area (Å²) in [4.78, 5) is 4.32. The van der Waals surface area contributed by atoms with Gasteiger partial charge in [-0.2, -0.15) is 0 Å². The average Bonchev–Trinajstić information content (AvgIpc) is 2.72. The first-order valence-electron chi connectivity index (χ1n) is 6.76. The van der Waals surface area contributed by atoms with Crippen molar-refractivity contribution in [2.75, 3.05) is 6.54 Å². The van der Waals surface area contributed by atoms with Crippen molar-refractivity contribution in [2.24, 2.45) is 5.41 Å². The molecule has 1 unspecified atom stereocenters. The third kappa shape index (κ3) is 4.40. The largest absolute Gasteiger partial charge is 0.314 e. The van der Waals surface area contributed by atoms with Crippen LogP contribution in [0.5, 0.6) is 0 Å². The molecule has 0 radical (unpaired) electrons. The Morgan fingerprint density at radius 3 is 3.06 bits per heavy atom. The van der Waals surface area contributed by atoms with Gasteiger partial charge in [-0.05, 0) is 31.1 Å². The third-order valence-corrected chi connectivity index (χ3v) is 4.51. The van der Waals surface area contributed by atoms with Gasteiger partial charge in [0.15, 0.2) is 0 Å². The minimum absolute atomic E-state index is 0.561. The highest BCUT2D eigenvalue weighted by atomic mass is 32.1. The molecule has 1 aromatic heterocycles. The molecule has 2 rings (SSSR count). The standard InChI is InChI=1S/C14H24N2S/c1-14(2)7-3-4-12(5-8-14)15-9-6-13-10-17-11-16-13/h10-12,15H,3-9H2,1-2H3. The first kappa shape index (κ1) is 13.0. The Kier molecular flexibility index (Phi) is 4.57. The lowest BCUT2D eigenvalue weighted by atomic mass is 9.85. The SMILES string of the molecule is CC1(C)CCCC(NCCc2cscn2)CC1. The van der Waals surface area contributed by atoms with E-state index in [4.69, 9.17) is 0 Å². The van der Waals surface area contributed by atoms with Crippen LogP contribution in [0.4, 0.5) is 0 Å². The highest BCUT2D eigenvalue weighted by molar-refractivity contribution is 7.07.